The number of rotatable bonds is 3. The number of imidazole rings is 1. The number of H-pyrrole nitrogens is 1. The highest BCUT2D eigenvalue weighted by Gasteiger charge is 2.31. The Kier molecular flexibility index (Phi) is 5.50. The second kappa shape index (κ2) is 9.05. The minimum absolute atomic E-state index is 0.0959. The summed E-state index contributed by atoms with van der Waals surface area (Å²) in [4.78, 5) is 36.9. The summed E-state index contributed by atoms with van der Waals surface area (Å²) in [5.41, 5.74) is 8.93. The van der Waals surface area contributed by atoms with Crippen LogP contribution in [0.4, 0.5) is 4.79 Å². The molecule has 0 aliphatic carbocycles. The van der Waals surface area contributed by atoms with Crippen molar-refractivity contribution in [2.45, 2.75) is 39.4 Å². The fraction of sp³-hybridized carbons (Fsp3) is 0.393. The molecule has 1 fully saturated rings. The van der Waals surface area contributed by atoms with Crippen LogP contribution in [-0.4, -0.2) is 83.7 Å². The molecule has 38 heavy (non-hydrogen) atoms. The van der Waals surface area contributed by atoms with E-state index in [4.69, 9.17) is 15.1 Å². The Hall–Kier alpha value is -4.05. The lowest BCUT2D eigenvalue weighted by molar-refractivity contribution is 0.121. The molecular formula is C28H31N9O. The van der Waals surface area contributed by atoms with Crippen molar-refractivity contribution in [3.8, 4) is 34.0 Å². The van der Waals surface area contributed by atoms with Crippen molar-refractivity contribution >= 4 is 6.03 Å². The average Bonchev–Trinajstić information content (AvgIpc) is 3.69. The highest BCUT2D eigenvalue weighted by atomic mass is 16.2. The van der Waals surface area contributed by atoms with Crippen molar-refractivity contribution in [1.29, 1.82) is 0 Å². The first-order valence-electron chi connectivity index (χ1n) is 13.3. The van der Waals surface area contributed by atoms with Crippen molar-refractivity contribution in [3.63, 3.8) is 0 Å². The molecule has 0 bridgehead atoms. The fourth-order valence-corrected chi connectivity index (χ4v) is 5.79. The van der Waals surface area contributed by atoms with Gasteiger partial charge in [0.15, 0.2) is 5.82 Å². The second-order valence-corrected chi connectivity index (χ2v) is 10.5. The van der Waals surface area contributed by atoms with Crippen LogP contribution in [0, 0.1) is 6.92 Å². The monoisotopic (exact) mass is 509 g/mol. The zero-order valence-corrected chi connectivity index (χ0v) is 21.8. The van der Waals surface area contributed by atoms with Gasteiger partial charge in [0.05, 0.1) is 30.2 Å². The molecule has 0 atom stereocenters. The third kappa shape index (κ3) is 3.96. The molecule has 4 aromatic rings. The maximum atomic E-state index is 13.0. The Balaban J connectivity index is 1.17. The summed E-state index contributed by atoms with van der Waals surface area (Å²) in [6.07, 6.45) is 3.94. The van der Waals surface area contributed by atoms with Crippen LogP contribution in [0.3, 0.4) is 0 Å². The number of piperazine rings is 1. The Morgan fingerprint density at radius 2 is 1.84 bits per heavy atom. The summed E-state index contributed by atoms with van der Waals surface area (Å²) in [6, 6.07) is 10.3. The molecule has 4 aromatic heterocycles. The van der Waals surface area contributed by atoms with Gasteiger partial charge >= 0.3 is 6.03 Å². The third-order valence-corrected chi connectivity index (χ3v) is 7.86. The molecule has 1 N–H and O–H groups in total. The summed E-state index contributed by atoms with van der Waals surface area (Å²) in [5, 5.41) is 4.96. The number of nitrogens with one attached hydrogen (secondary N) is 1. The van der Waals surface area contributed by atoms with Crippen molar-refractivity contribution in [2.75, 3.05) is 33.2 Å². The maximum Gasteiger partial charge on any atom is 0.320 e. The number of nitrogens with zero attached hydrogens (tertiary/aromatic N) is 8. The molecule has 0 saturated carbocycles. The number of fused-ring (bicyclic) bond motifs is 2. The van der Waals surface area contributed by atoms with Gasteiger partial charge in [-0.3, -0.25) is 14.6 Å². The van der Waals surface area contributed by atoms with E-state index in [9.17, 15) is 4.79 Å². The van der Waals surface area contributed by atoms with E-state index in [0.29, 0.717) is 13.1 Å². The topological polar surface area (TPSA) is 99.1 Å². The highest BCUT2D eigenvalue weighted by Crippen LogP contribution is 2.38. The quantitative estimate of drug-likeness (QED) is 0.455. The molecule has 1 saturated heterocycles. The second-order valence-electron chi connectivity index (χ2n) is 10.5. The Morgan fingerprint density at radius 1 is 0.974 bits per heavy atom. The van der Waals surface area contributed by atoms with Gasteiger partial charge in [-0.15, -0.1) is 0 Å². The standard InChI is InChI=1S/C28H31N9O/c1-18-5-3-6-20(30-18)26-25(24-7-4-10-37(24)33-26)19-8-9-29-21(15-19)27-31-22-16-36(17-23(22)32-27)28(38)35-13-11-34(2)12-14-35/h3,5-6,8-9,15H,4,7,10-14,16-17H2,1-2H3,(H,31,32). The van der Waals surface area contributed by atoms with E-state index in [1.165, 1.54) is 5.69 Å². The third-order valence-electron chi connectivity index (χ3n) is 7.86. The van der Waals surface area contributed by atoms with E-state index >= 15 is 0 Å². The van der Waals surface area contributed by atoms with Gasteiger partial charge in [-0.05, 0) is 56.6 Å². The van der Waals surface area contributed by atoms with Crippen molar-refractivity contribution in [1.82, 2.24) is 44.4 Å². The van der Waals surface area contributed by atoms with Gasteiger partial charge in [0, 0.05) is 55.9 Å². The molecule has 194 valence electrons. The highest BCUT2D eigenvalue weighted by molar-refractivity contribution is 5.83. The number of pyridine rings is 2. The molecular weight excluding hydrogens is 478 g/mol. The molecule has 7 heterocycles. The number of aromatic nitrogens is 6. The molecule has 0 radical (unpaired) electrons. The molecule has 3 aliphatic heterocycles. The van der Waals surface area contributed by atoms with Crippen molar-refractivity contribution in [3.05, 3.63) is 59.3 Å². The predicted molar refractivity (Wildman–Crippen MR) is 143 cm³/mol. The van der Waals surface area contributed by atoms with E-state index < -0.39 is 0 Å². The van der Waals surface area contributed by atoms with Gasteiger partial charge in [-0.1, -0.05) is 6.07 Å². The number of amides is 2. The molecule has 0 spiro atoms. The van der Waals surface area contributed by atoms with E-state index in [1.54, 1.807) is 0 Å². The Labute approximate surface area is 221 Å². The molecule has 7 rings (SSSR count). The Morgan fingerprint density at radius 3 is 2.66 bits per heavy atom. The zero-order valence-electron chi connectivity index (χ0n) is 21.8. The Bertz CT molecular complexity index is 1510. The van der Waals surface area contributed by atoms with Crippen molar-refractivity contribution in [2.24, 2.45) is 0 Å². The van der Waals surface area contributed by atoms with E-state index in [1.807, 2.05) is 47.2 Å². The van der Waals surface area contributed by atoms with Gasteiger partial charge in [0.25, 0.3) is 0 Å². The molecule has 0 unspecified atom stereocenters. The minimum atomic E-state index is 0.0959. The van der Waals surface area contributed by atoms with E-state index in [-0.39, 0.29) is 6.03 Å². The lowest BCUT2D eigenvalue weighted by atomic mass is 10.00. The van der Waals surface area contributed by atoms with Gasteiger partial charge in [-0.25, -0.2) is 9.78 Å². The fourth-order valence-electron chi connectivity index (χ4n) is 5.79. The largest absolute Gasteiger partial charge is 0.339 e. The van der Waals surface area contributed by atoms with E-state index in [0.717, 1.165) is 96.7 Å². The van der Waals surface area contributed by atoms with Gasteiger partial charge < -0.3 is 19.7 Å². The molecule has 3 aliphatic rings. The van der Waals surface area contributed by atoms with Crippen LogP contribution < -0.4 is 0 Å². The first-order valence-corrected chi connectivity index (χ1v) is 13.3. The number of aryl methyl sites for hydroxylation is 2. The number of carbonyl (C=O) groups excluding carboxylic acids is 1. The van der Waals surface area contributed by atoms with Crippen LogP contribution in [-0.2, 0) is 26.1 Å². The number of likely N-dealkylation sites (N-methyl/N-ethyl adjacent to an activating group) is 1. The van der Waals surface area contributed by atoms with Crippen LogP contribution in [0.5, 0.6) is 0 Å². The molecule has 10 nitrogen and oxygen atoms in total. The van der Waals surface area contributed by atoms with Crippen LogP contribution in [0.2, 0.25) is 0 Å². The summed E-state index contributed by atoms with van der Waals surface area (Å²) < 4.78 is 2.13. The lowest BCUT2D eigenvalue weighted by Crippen LogP contribution is -2.50. The molecule has 2 amide bonds. The predicted octanol–water partition coefficient (Wildman–Crippen LogP) is 3.33. The van der Waals surface area contributed by atoms with Gasteiger partial charge in [-0.2, -0.15) is 5.10 Å². The number of hydrogen-bond acceptors (Lipinski definition) is 6. The smallest absolute Gasteiger partial charge is 0.320 e. The first kappa shape index (κ1) is 23.1. The number of aromatic amines is 1. The maximum absolute atomic E-state index is 13.0. The van der Waals surface area contributed by atoms with Crippen molar-refractivity contribution < 1.29 is 4.79 Å². The molecule has 10 heteroatoms. The average molecular weight is 510 g/mol. The first-order chi connectivity index (χ1) is 18.5. The van der Waals surface area contributed by atoms with Crippen LogP contribution in [0.25, 0.3) is 34.0 Å². The number of carbonyl (C=O) groups is 1. The molecule has 0 aromatic carbocycles. The summed E-state index contributed by atoms with van der Waals surface area (Å²) >= 11 is 0. The van der Waals surface area contributed by atoms with Crippen LogP contribution in [0.1, 0.15) is 29.2 Å². The van der Waals surface area contributed by atoms with Gasteiger partial charge in [0.2, 0.25) is 0 Å². The number of urea groups is 1. The van der Waals surface area contributed by atoms with E-state index in [2.05, 4.69) is 32.7 Å². The normalized spacial score (nSPS) is 17.2. The van der Waals surface area contributed by atoms with Crippen LogP contribution in [0.15, 0.2) is 36.5 Å². The van der Waals surface area contributed by atoms with Crippen LogP contribution >= 0.6 is 0 Å². The summed E-state index contributed by atoms with van der Waals surface area (Å²) in [5.74, 6) is 0.739. The van der Waals surface area contributed by atoms with Gasteiger partial charge in [0.1, 0.15) is 11.4 Å². The SMILES string of the molecule is Cc1cccc(-c2nn3c(c2-c2ccnc(-c4nc5c([nH]4)CN(C(=O)N4CCN(C)CC4)C5)c2)CCC3)n1. The number of hydrogen-bond donors (Lipinski definition) is 1. The zero-order chi connectivity index (χ0) is 25.8. The summed E-state index contributed by atoms with van der Waals surface area (Å²) in [6.45, 7) is 7.38. The lowest BCUT2D eigenvalue weighted by Gasteiger charge is -2.34. The summed E-state index contributed by atoms with van der Waals surface area (Å²) in [7, 11) is 2.09. The minimum Gasteiger partial charge on any atom is -0.339 e.